The van der Waals surface area contributed by atoms with E-state index in [1.54, 1.807) is 6.07 Å². The fourth-order valence-electron chi connectivity index (χ4n) is 0.849. The van der Waals surface area contributed by atoms with Gasteiger partial charge in [-0.25, -0.2) is 0 Å². The van der Waals surface area contributed by atoms with E-state index in [-0.39, 0.29) is 0 Å². The van der Waals surface area contributed by atoms with E-state index in [0.29, 0.717) is 16.6 Å². The van der Waals surface area contributed by atoms with E-state index >= 15 is 0 Å². The SMILES string of the molecule is CNNCc1ccc(Cl)cc1Cl. The maximum atomic E-state index is 5.91. The molecule has 0 radical (unpaired) electrons. The van der Waals surface area contributed by atoms with Gasteiger partial charge in [0.15, 0.2) is 0 Å². The third-order valence-electron chi connectivity index (χ3n) is 1.47. The first-order valence-electron chi connectivity index (χ1n) is 3.57. The topological polar surface area (TPSA) is 24.1 Å². The molecule has 66 valence electrons. The third kappa shape index (κ3) is 2.64. The van der Waals surface area contributed by atoms with Gasteiger partial charge in [-0.05, 0) is 24.7 Å². The van der Waals surface area contributed by atoms with Gasteiger partial charge in [-0.1, -0.05) is 29.3 Å². The molecule has 12 heavy (non-hydrogen) atoms. The molecule has 0 unspecified atom stereocenters. The van der Waals surface area contributed by atoms with E-state index in [2.05, 4.69) is 10.9 Å². The van der Waals surface area contributed by atoms with E-state index in [4.69, 9.17) is 23.2 Å². The zero-order valence-electron chi connectivity index (χ0n) is 6.70. The van der Waals surface area contributed by atoms with Crippen molar-refractivity contribution in [3.8, 4) is 0 Å². The molecule has 2 N–H and O–H groups in total. The molecule has 0 aliphatic rings. The first-order valence-corrected chi connectivity index (χ1v) is 4.33. The summed E-state index contributed by atoms with van der Waals surface area (Å²) in [5.74, 6) is 0. The summed E-state index contributed by atoms with van der Waals surface area (Å²) in [5.41, 5.74) is 6.79. The average Bonchev–Trinajstić information content (AvgIpc) is 2.03. The van der Waals surface area contributed by atoms with Crippen LogP contribution in [0.1, 0.15) is 5.56 Å². The molecule has 0 atom stereocenters. The predicted molar refractivity (Wildman–Crippen MR) is 52.4 cm³/mol. The molecular formula is C8H10Cl2N2. The van der Waals surface area contributed by atoms with Crippen LogP contribution in [0.3, 0.4) is 0 Å². The van der Waals surface area contributed by atoms with Gasteiger partial charge < -0.3 is 0 Å². The van der Waals surface area contributed by atoms with Crippen molar-refractivity contribution < 1.29 is 0 Å². The lowest BCUT2D eigenvalue weighted by molar-refractivity contribution is 0.596. The van der Waals surface area contributed by atoms with Crippen LogP contribution >= 0.6 is 23.2 Å². The lowest BCUT2D eigenvalue weighted by atomic mass is 10.2. The Morgan fingerprint density at radius 1 is 1.33 bits per heavy atom. The van der Waals surface area contributed by atoms with Gasteiger partial charge >= 0.3 is 0 Å². The van der Waals surface area contributed by atoms with E-state index in [9.17, 15) is 0 Å². The molecule has 0 aliphatic carbocycles. The van der Waals surface area contributed by atoms with Crippen LogP contribution in [0.15, 0.2) is 18.2 Å². The summed E-state index contributed by atoms with van der Waals surface area (Å²) in [7, 11) is 1.81. The zero-order chi connectivity index (χ0) is 8.97. The fourth-order valence-corrected chi connectivity index (χ4v) is 1.32. The summed E-state index contributed by atoms with van der Waals surface area (Å²) in [5, 5.41) is 1.35. The van der Waals surface area contributed by atoms with Crippen molar-refractivity contribution in [3.63, 3.8) is 0 Å². The fraction of sp³-hybridized carbons (Fsp3) is 0.250. The Bertz CT molecular complexity index is 263. The number of nitrogens with one attached hydrogen (secondary N) is 2. The molecule has 2 nitrogen and oxygen atoms in total. The smallest absolute Gasteiger partial charge is 0.0466 e. The van der Waals surface area contributed by atoms with Gasteiger partial charge in [0.1, 0.15) is 0 Å². The number of halogens is 2. The number of hydrogen-bond donors (Lipinski definition) is 2. The molecule has 0 aliphatic heterocycles. The number of benzene rings is 1. The van der Waals surface area contributed by atoms with Gasteiger partial charge in [-0.15, -0.1) is 0 Å². The third-order valence-corrected chi connectivity index (χ3v) is 2.06. The standard InChI is InChI=1S/C8H10Cl2N2/c1-11-12-5-6-2-3-7(9)4-8(6)10/h2-4,11-12H,5H2,1H3. The molecule has 1 aromatic carbocycles. The molecule has 0 bridgehead atoms. The van der Waals surface area contributed by atoms with Gasteiger partial charge in [-0.3, -0.25) is 10.9 Å². The van der Waals surface area contributed by atoms with Crippen LogP contribution in [0.4, 0.5) is 0 Å². The van der Waals surface area contributed by atoms with Crippen LogP contribution in [-0.2, 0) is 6.54 Å². The predicted octanol–water partition coefficient (Wildman–Crippen LogP) is 2.22. The average molecular weight is 205 g/mol. The number of hydrogen-bond acceptors (Lipinski definition) is 2. The maximum absolute atomic E-state index is 5.91. The highest BCUT2D eigenvalue weighted by molar-refractivity contribution is 6.35. The van der Waals surface area contributed by atoms with Crippen molar-refractivity contribution in [1.29, 1.82) is 0 Å². The minimum atomic E-state index is 0.660. The van der Waals surface area contributed by atoms with Crippen LogP contribution in [-0.4, -0.2) is 7.05 Å². The molecule has 4 heteroatoms. The molecule has 0 saturated carbocycles. The monoisotopic (exact) mass is 204 g/mol. The normalized spacial score (nSPS) is 10.2. The van der Waals surface area contributed by atoms with Crippen molar-refractivity contribution in [3.05, 3.63) is 33.8 Å². The summed E-state index contributed by atoms with van der Waals surface area (Å²) in [4.78, 5) is 0. The van der Waals surface area contributed by atoms with E-state index in [0.717, 1.165) is 5.56 Å². The van der Waals surface area contributed by atoms with Gasteiger partial charge in [0.2, 0.25) is 0 Å². The molecule has 0 saturated heterocycles. The van der Waals surface area contributed by atoms with Crippen LogP contribution < -0.4 is 10.9 Å². The molecule has 0 heterocycles. The molecule has 0 spiro atoms. The van der Waals surface area contributed by atoms with Crippen molar-refractivity contribution >= 4 is 23.2 Å². The minimum Gasteiger partial charge on any atom is -0.261 e. The zero-order valence-corrected chi connectivity index (χ0v) is 8.21. The first-order chi connectivity index (χ1) is 5.74. The second kappa shape index (κ2) is 4.67. The lowest BCUT2D eigenvalue weighted by Crippen LogP contribution is -2.26. The van der Waals surface area contributed by atoms with Crippen LogP contribution in [0, 0.1) is 0 Å². The van der Waals surface area contributed by atoms with E-state index in [1.807, 2.05) is 19.2 Å². The van der Waals surface area contributed by atoms with Gasteiger partial charge in [0.25, 0.3) is 0 Å². The second-order valence-electron chi connectivity index (χ2n) is 2.34. The van der Waals surface area contributed by atoms with E-state index < -0.39 is 0 Å². The molecule has 0 amide bonds. The molecule has 1 rings (SSSR count). The Kier molecular flexibility index (Phi) is 3.82. The highest BCUT2D eigenvalue weighted by atomic mass is 35.5. The van der Waals surface area contributed by atoms with Gasteiger partial charge in [-0.2, -0.15) is 0 Å². The number of hydrazine groups is 1. The highest BCUT2D eigenvalue weighted by Gasteiger charge is 1.99. The van der Waals surface area contributed by atoms with Crippen molar-refractivity contribution in [2.75, 3.05) is 7.05 Å². The second-order valence-corrected chi connectivity index (χ2v) is 3.18. The highest BCUT2D eigenvalue weighted by Crippen LogP contribution is 2.20. The molecular weight excluding hydrogens is 195 g/mol. The number of rotatable bonds is 3. The summed E-state index contributed by atoms with van der Waals surface area (Å²) in [6.45, 7) is 0.687. The first kappa shape index (κ1) is 9.81. The van der Waals surface area contributed by atoms with Gasteiger partial charge in [0, 0.05) is 16.6 Å². The van der Waals surface area contributed by atoms with E-state index in [1.165, 1.54) is 0 Å². The van der Waals surface area contributed by atoms with Gasteiger partial charge in [0.05, 0.1) is 0 Å². The maximum Gasteiger partial charge on any atom is 0.0466 e. The minimum absolute atomic E-state index is 0.660. The summed E-state index contributed by atoms with van der Waals surface area (Å²) >= 11 is 11.6. The molecule has 0 fully saturated rings. The van der Waals surface area contributed by atoms with Crippen molar-refractivity contribution in [2.45, 2.75) is 6.54 Å². The summed E-state index contributed by atoms with van der Waals surface area (Å²) < 4.78 is 0. The largest absolute Gasteiger partial charge is 0.261 e. The Morgan fingerprint density at radius 2 is 2.08 bits per heavy atom. The molecule has 1 aromatic rings. The Balaban J connectivity index is 2.72. The van der Waals surface area contributed by atoms with Crippen LogP contribution in [0.5, 0.6) is 0 Å². The summed E-state index contributed by atoms with van der Waals surface area (Å²) in [6.07, 6.45) is 0. The Morgan fingerprint density at radius 3 is 2.67 bits per heavy atom. The Labute approximate surface area is 81.8 Å². The van der Waals surface area contributed by atoms with Crippen molar-refractivity contribution in [1.82, 2.24) is 10.9 Å². The molecule has 0 aromatic heterocycles. The quantitative estimate of drug-likeness (QED) is 0.739. The van der Waals surface area contributed by atoms with Crippen LogP contribution in [0.25, 0.3) is 0 Å². The lowest BCUT2D eigenvalue weighted by Gasteiger charge is -2.04. The van der Waals surface area contributed by atoms with Crippen LogP contribution in [0.2, 0.25) is 10.0 Å². The summed E-state index contributed by atoms with van der Waals surface area (Å²) in [6, 6.07) is 5.45. The van der Waals surface area contributed by atoms with Crippen molar-refractivity contribution in [2.24, 2.45) is 0 Å². The Hall–Kier alpha value is -0.280.